The first-order valence-electron chi connectivity index (χ1n) is 10.1. The highest BCUT2D eigenvalue weighted by Gasteiger charge is 2.27. The third-order valence-corrected chi connectivity index (χ3v) is 4.98. The summed E-state index contributed by atoms with van der Waals surface area (Å²) in [5.41, 5.74) is 1.90. The Morgan fingerprint density at radius 3 is 2.56 bits per heavy atom. The molecule has 0 aliphatic rings. The lowest BCUT2D eigenvalue weighted by molar-refractivity contribution is -0.147. The Morgan fingerprint density at radius 1 is 1.06 bits per heavy atom. The maximum Gasteiger partial charge on any atom is 0.326 e. The number of carbonyl (C=O) groups excluding carboxylic acids is 2. The molecule has 0 spiro atoms. The Labute approximate surface area is 192 Å². The molecule has 34 heavy (non-hydrogen) atoms. The summed E-state index contributed by atoms with van der Waals surface area (Å²) in [5.74, 6) is -0.469. The van der Waals surface area contributed by atoms with Crippen molar-refractivity contribution in [2.24, 2.45) is 0 Å². The zero-order valence-electron chi connectivity index (χ0n) is 17.6. The molecule has 4 heterocycles. The predicted molar refractivity (Wildman–Crippen MR) is 118 cm³/mol. The van der Waals surface area contributed by atoms with E-state index in [1.807, 2.05) is 30.3 Å². The van der Waals surface area contributed by atoms with Crippen molar-refractivity contribution in [2.45, 2.75) is 6.54 Å². The number of hydrogen-bond donors (Lipinski definition) is 1. The second-order valence-corrected chi connectivity index (χ2v) is 7.15. The summed E-state index contributed by atoms with van der Waals surface area (Å²) in [6, 6.07) is 16.0. The molecule has 0 radical (unpaired) electrons. The van der Waals surface area contributed by atoms with Crippen molar-refractivity contribution in [3.8, 4) is 28.9 Å². The number of carbonyl (C=O) groups is 2. The minimum atomic E-state index is -0.675. The Bertz CT molecular complexity index is 1500. The van der Waals surface area contributed by atoms with Gasteiger partial charge in [0.05, 0.1) is 35.5 Å². The summed E-state index contributed by atoms with van der Waals surface area (Å²) >= 11 is 0. The summed E-state index contributed by atoms with van der Waals surface area (Å²) in [6.07, 6.45) is 4.44. The van der Waals surface area contributed by atoms with Crippen molar-refractivity contribution >= 4 is 28.8 Å². The fraction of sp³-hybridized carbons (Fsp3) is 0.0833. The number of fused-ring (bicyclic) bond motifs is 1. The zero-order valence-corrected chi connectivity index (χ0v) is 17.6. The van der Waals surface area contributed by atoms with Crippen molar-refractivity contribution in [3.63, 3.8) is 0 Å². The smallest absolute Gasteiger partial charge is 0.326 e. The molecule has 0 bridgehead atoms. The van der Waals surface area contributed by atoms with Crippen molar-refractivity contribution in [1.82, 2.24) is 9.55 Å². The minimum absolute atomic E-state index is 0.0471. The number of amides is 1. The fourth-order valence-corrected chi connectivity index (χ4v) is 3.49. The van der Waals surface area contributed by atoms with Gasteiger partial charge in [-0.2, -0.15) is 5.26 Å². The van der Waals surface area contributed by atoms with Crippen LogP contribution in [-0.2, 0) is 20.9 Å². The molecule has 168 valence electrons. The summed E-state index contributed by atoms with van der Waals surface area (Å²) in [4.78, 5) is 28.9. The standard InChI is InChI=1S/C24H16N4O6/c25-11-15-22(18-7-3-9-31-18)23(19-8-4-10-32-19)34-24(15)27-20(29)13-33-21(30)12-28-14-26-16-5-1-2-6-17(16)28/h1-10,14H,12-13H2,(H,27,29). The second kappa shape index (κ2) is 8.84. The normalized spacial score (nSPS) is 10.8. The van der Waals surface area contributed by atoms with Gasteiger partial charge in [-0.15, -0.1) is 0 Å². The third kappa shape index (κ3) is 3.93. The van der Waals surface area contributed by atoms with Gasteiger partial charge in [-0.25, -0.2) is 4.98 Å². The van der Waals surface area contributed by atoms with Crippen LogP contribution < -0.4 is 5.32 Å². The number of furan rings is 3. The molecule has 0 saturated carbocycles. The summed E-state index contributed by atoms with van der Waals surface area (Å²) in [5, 5.41) is 12.2. The first-order valence-corrected chi connectivity index (χ1v) is 10.1. The highest BCUT2D eigenvalue weighted by atomic mass is 16.5. The van der Waals surface area contributed by atoms with E-state index in [4.69, 9.17) is 18.0 Å². The molecule has 0 aliphatic carbocycles. The van der Waals surface area contributed by atoms with Crippen LogP contribution in [0.4, 0.5) is 5.88 Å². The number of esters is 1. The third-order valence-electron chi connectivity index (χ3n) is 4.98. The highest BCUT2D eigenvalue weighted by molar-refractivity contribution is 5.96. The van der Waals surface area contributed by atoms with Crippen LogP contribution >= 0.6 is 0 Å². The first kappa shape index (κ1) is 20.8. The summed E-state index contributed by atoms with van der Waals surface area (Å²) < 4.78 is 23.3. The Morgan fingerprint density at radius 2 is 1.82 bits per heavy atom. The van der Waals surface area contributed by atoms with E-state index in [0.29, 0.717) is 17.1 Å². The second-order valence-electron chi connectivity index (χ2n) is 7.15. The van der Waals surface area contributed by atoms with Crippen molar-refractivity contribution in [3.05, 3.63) is 72.9 Å². The van der Waals surface area contributed by atoms with Gasteiger partial charge in [-0.1, -0.05) is 12.1 Å². The average Bonchev–Trinajstić information content (AvgIpc) is 3.64. The SMILES string of the molecule is N#Cc1c(NC(=O)COC(=O)Cn2cnc3ccccc32)oc(-c2ccco2)c1-c1ccco1. The minimum Gasteiger partial charge on any atom is -0.464 e. The molecule has 5 rings (SSSR count). The molecular weight excluding hydrogens is 440 g/mol. The number of hydrogen-bond acceptors (Lipinski definition) is 8. The number of rotatable bonds is 7. The molecule has 0 atom stereocenters. The van der Waals surface area contributed by atoms with E-state index in [0.717, 1.165) is 11.0 Å². The Kier molecular flexibility index (Phi) is 5.42. The maximum atomic E-state index is 12.5. The number of nitrogens with one attached hydrogen (secondary N) is 1. The van der Waals surface area contributed by atoms with E-state index >= 15 is 0 Å². The van der Waals surface area contributed by atoms with Gasteiger partial charge in [0, 0.05) is 0 Å². The Hall–Kier alpha value is -5.04. The van der Waals surface area contributed by atoms with E-state index < -0.39 is 18.5 Å². The number of nitrogens with zero attached hydrogens (tertiary/aromatic N) is 3. The van der Waals surface area contributed by atoms with Crippen LogP contribution in [-0.4, -0.2) is 28.0 Å². The highest BCUT2D eigenvalue weighted by Crippen LogP contribution is 2.41. The molecule has 0 fully saturated rings. The fourth-order valence-electron chi connectivity index (χ4n) is 3.49. The average molecular weight is 456 g/mol. The van der Waals surface area contributed by atoms with E-state index in [1.54, 1.807) is 28.8 Å². The van der Waals surface area contributed by atoms with Gasteiger partial charge in [0.25, 0.3) is 5.91 Å². The van der Waals surface area contributed by atoms with E-state index in [2.05, 4.69) is 10.3 Å². The van der Waals surface area contributed by atoms with Crippen molar-refractivity contribution < 1.29 is 27.6 Å². The molecule has 10 heteroatoms. The van der Waals surface area contributed by atoms with Gasteiger partial charge in [0.1, 0.15) is 23.9 Å². The van der Waals surface area contributed by atoms with Crippen LogP contribution in [0.1, 0.15) is 5.56 Å². The lowest BCUT2D eigenvalue weighted by Gasteiger charge is -2.06. The lowest BCUT2D eigenvalue weighted by atomic mass is 10.1. The van der Waals surface area contributed by atoms with Gasteiger partial charge in [0.15, 0.2) is 18.1 Å². The summed E-state index contributed by atoms with van der Waals surface area (Å²) in [6.45, 7) is -0.674. The van der Waals surface area contributed by atoms with Crippen LogP contribution in [0, 0.1) is 11.3 Å². The molecular formula is C24H16N4O6. The number of anilines is 1. The van der Waals surface area contributed by atoms with Gasteiger partial charge in [-0.3, -0.25) is 14.9 Å². The molecule has 0 aliphatic heterocycles. The monoisotopic (exact) mass is 456 g/mol. The molecule has 5 aromatic rings. The number of nitriles is 1. The molecule has 1 amide bonds. The lowest BCUT2D eigenvalue weighted by Crippen LogP contribution is -2.23. The number of ether oxygens (including phenoxy) is 1. The van der Waals surface area contributed by atoms with Gasteiger partial charge >= 0.3 is 5.97 Å². The first-order chi connectivity index (χ1) is 16.6. The number of aromatic nitrogens is 2. The topological polar surface area (TPSA) is 136 Å². The molecule has 0 saturated heterocycles. The van der Waals surface area contributed by atoms with Crippen LogP contribution in [0.2, 0.25) is 0 Å². The molecule has 4 aromatic heterocycles. The number of para-hydroxylation sites is 2. The van der Waals surface area contributed by atoms with Crippen molar-refractivity contribution in [1.29, 1.82) is 5.26 Å². The van der Waals surface area contributed by atoms with E-state index in [9.17, 15) is 14.9 Å². The molecule has 0 unspecified atom stereocenters. The van der Waals surface area contributed by atoms with Gasteiger partial charge in [0.2, 0.25) is 5.88 Å². The van der Waals surface area contributed by atoms with E-state index in [1.165, 1.54) is 18.9 Å². The molecule has 1 N–H and O–H groups in total. The van der Waals surface area contributed by atoms with Crippen molar-refractivity contribution in [2.75, 3.05) is 11.9 Å². The van der Waals surface area contributed by atoms with E-state index in [-0.39, 0.29) is 23.8 Å². The molecule has 10 nitrogen and oxygen atoms in total. The largest absolute Gasteiger partial charge is 0.464 e. The van der Waals surface area contributed by atoms with Crippen LogP contribution in [0.5, 0.6) is 0 Å². The quantitative estimate of drug-likeness (QED) is 0.360. The Balaban J connectivity index is 1.30. The van der Waals surface area contributed by atoms with Gasteiger partial charge < -0.3 is 22.6 Å². The van der Waals surface area contributed by atoms with Crippen LogP contribution in [0.15, 0.2) is 80.6 Å². The van der Waals surface area contributed by atoms with Gasteiger partial charge in [-0.05, 0) is 36.4 Å². The molecule has 1 aromatic carbocycles. The summed E-state index contributed by atoms with van der Waals surface area (Å²) in [7, 11) is 0. The van der Waals surface area contributed by atoms with Crippen LogP contribution in [0.3, 0.4) is 0 Å². The predicted octanol–water partition coefficient (Wildman–Crippen LogP) is 4.20. The number of imidazole rings is 1. The number of benzene rings is 1. The van der Waals surface area contributed by atoms with Crippen LogP contribution in [0.25, 0.3) is 33.9 Å². The maximum absolute atomic E-state index is 12.5. The zero-order chi connectivity index (χ0) is 23.5.